The summed E-state index contributed by atoms with van der Waals surface area (Å²) in [6.45, 7) is 9.29. The maximum absolute atomic E-state index is 15.5. The number of nitrogens with zero attached hydrogens (tertiary/aromatic N) is 7. The zero-order valence-electron chi connectivity index (χ0n) is 33.0. The Hall–Kier alpha value is -5.96. The summed E-state index contributed by atoms with van der Waals surface area (Å²) in [4.78, 5) is 27.1. The first kappa shape index (κ1) is 40.8. The molecule has 7 aromatic rings. The number of anilines is 4. The molecule has 10 nitrogen and oxygen atoms in total. The lowest BCUT2D eigenvalue weighted by Crippen LogP contribution is -2.38. The molecule has 0 radical (unpaired) electrons. The molecule has 7 heterocycles. The largest absolute Gasteiger partial charge is 0.378 e. The van der Waals surface area contributed by atoms with E-state index in [1.54, 1.807) is 24.5 Å². The molecule has 2 aliphatic heterocycles. The maximum Gasteiger partial charge on any atom is 0.152 e. The van der Waals surface area contributed by atoms with Gasteiger partial charge in [-0.05, 0) is 48.7 Å². The summed E-state index contributed by atoms with van der Waals surface area (Å²) in [5.41, 5.74) is 6.53. The highest BCUT2D eigenvalue weighted by molar-refractivity contribution is 6.36. The minimum atomic E-state index is -0.704. The van der Waals surface area contributed by atoms with Crippen LogP contribution in [0.5, 0.6) is 0 Å². The number of hydrogen-bond donors (Lipinski definition) is 1. The number of nitrogens with one attached hydrogen (secondary N) is 1. The quantitative estimate of drug-likeness (QED) is 0.149. The van der Waals surface area contributed by atoms with Gasteiger partial charge in [0.25, 0.3) is 0 Å². The predicted molar refractivity (Wildman–Crippen MR) is 227 cm³/mol. The molecule has 15 heteroatoms. The van der Waals surface area contributed by atoms with Crippen molar-refractivity contribution in [3.8, 4) is 22.8 Å². The fourth-order valence-electron chi connectivity index (χ4n) is 7.59. The first-order chi connectivity index (χ1) is 29.2. The minimum absolute atomic E-state index is 0.148. The zero-order valence-corrected chi connectivity index (χ0v) is 33.7. The molecule has 2 fully saturated rings. The van der Waals surface area contributed by atoms with Gasteiger partial charge in [0.15, 0.2) is 5.82 Å². The second kappa shape index (κ2) is 18.1. The number of hydrogen-bond acceptors (Lipinski definition) is 10. The first-order valence-corrected chi connectivity index (χ1v) is 20.2. The average Bonchev–Trinajstić information content (AvgIpc) is 3.27. The van der Waals surface area contributed by atoms with Crippen LogP contribution in [-0.2, 0) is 22.3 Å². The normalized spacial score (nSPS) is 14.3. The van der Waals surface area contributed by atoms with Crippen LogP contribution in [0.4, 0.5) is 40.4 Å². The second-order valence-electron chi connectivity index (χ2n) is 14.2. The number of fused-ring (bicyclic) bond motifs is 2. The van der Waals surface area contributed by atoms with Gasteiger partial charge in [0, 0.05) is 68.4 Å². The summed E-state index contributed by atoms with van der Waals surface area (Å²) in [5, 5.41) is 4.20. The third-order valence-electron chi connectivity index (χ3n) is 10.5. The van der Waals surface area contributed by atoms with Crippen LogP contribution in [-0.4, -0.2) is 77.5 Å². The van der Waals surface area contributed by atoms with Gasteiger partial charge in [0.05, 0.1) is 99.3 Å². The lowest BCUT2D eigenvalue weighted by molar-refractivity contribution is 0.122. The van der Waals surface area contributed by atoms with Gasteiger partial charge in [-0.2, -0.15) is 0 Å². The Morgan fingerprint density at radius 3 is 1.73 bits per heavy atom. The molecule has 0 bridgehead atoms. The number of ether oxygens (including phenoxy) is 2. The summed E-state index contributed by atoms with van der Waals surface area (Å²) in [7, 11) is 0. The van der Waals surface area contributed by atoms with E-state index in [1.165, 1.54) is 12.1 Å². The minimum Gasteiger partial charge on any atom is -0.378 e. The molecule has 0 spiro atoms. The highest BCUT2D eigenvalue weighted by atomic mass is 35.5. The van der Waals surface area contributed by atoms with E-state index in [4.69, 9.17) is 31.0 Å². The van der Waals surface area contributed by atoms with Crippen LogP contribution in [0, 0.1) is 23.3 Å². The number of rotatable bonds is 8. The van der Waals surface area contributed by atoms with E-state index >= 15 is 4.39 Å². The van der Waals surface area contributed by atoms with E-state index in [0.29, 0.717) is 86.4 Å². The molecule has 0 saturated carbocycles. The highest BCUT2D eigenvalue weighted by Crippen LogP contribution is 2.40. The second-order valence-corrected chi connectivity index (χ2v) is 14.5. The topological polar surface area (TPSA) is 101 Å². The Morgan fingerprint density at radius 1 is 0.650 bits per heavy atom. The van der Waals surface area contributed by atoms with Crippen molar-refractivity contribution in [3.05, 3.63) is 125 Å². The van der Waals surface area contributed by atoms with Crippen LogP contribution in [0.15, 0.2) is 85.3 Å². The van der Waals surface area contributed by atoms with Gasteiger partial charge in [-0.1, -0.05) is 37.6 Å². The number of halogens is 5. The molecule has 2 aliphatic rings. The van der Waals surface area contributed by atoms with Gasteiger partial charge in [0.1, 0.15) is 23.3 Å². The monoisotopic (exact) mass is 836 g/mol. The van der Waals surface area contributed by atoms with Crippen LogP contribution in [0.3, 0.4) is 0 Å². The standard InChI is InChI=1S/C29H30F2N6O2.C16H11ClF2N2/c1-2-21-27(23-5-3-4-6-32-23)34-24-16-19(30)15-22(31)26(24)28(21)35-25-17-20(36-7-11-38-12-8-36)18-33-29(25)37-9-13-39-14-10-37;1-2-10-15(17)14-11(19)7-9(18)8-13(14)21-16(10)12-5-3-4-6-20-12/h3-6,15-18H,2,7-14H2,1H3,(H,34,35);3-8H,2H2,1H3. The van der Waals surface area contributed by atoms with Crippen molar-refractivity contribution in [1.82, 2.24) is 24.9 Å². The highest BCUT2D eigenvalue weighted by Gasteiger charge is 2.25. The lowest BCUT2D eigenvalue weighted by Gasteiger charge is -2.32. The van der Waals surface area contributed by atoms with Crippen LogP contribution in [0.25, 0.3) is 44.6 Å². The van der Waals surface area contributed by atoms with Gasteiger partial charge in [-0.25, -0.2) is 32.5 Å². The Bertz CT molecular complexity index is 2650. The van der Waals surface area contributed by atoms with Gasteiger partial charge < -0.3 is 24.6 Å². The Morgan fingerprint density at radius 2 is 1.18 bits per heavy atom. The van der Waals surface area contributed by atoms with E-state index in [-0.39, 0.29) is 26.8 Å². The number of morpholine rings is 2. The van der Waals surface area contributed by atoms with E-state index in [9.17, 15) is 13.2 Å². The maximum atomic E-state index is 15.5. The molecule has 0 unspecified atom stereocenters. The summed E-state index contributed by atoms with van der Waals surface area (Å²) < 4.78 is 68.4. The number of aromatic nitrogens is 5. The van der Waals surface area contributed by atoms with Crippen molar-refractivity contribution in [1.29, 1.82) is 0 Å². The van der Waals surface area contributed by atoms with Crippen molar-refractivity contribution >= 4 is 56.3 Å². The Kier molecular flexibility index (Phi) is 12.3. The molecule has 60 heavy (non-hydrogen) atoms. The molecular weight excluding hydrogens is 796 g/mol. The molecule has 2 aromatic carbocycles. The fraction of sp³-hybridized carbons (Fsp3) is 0.267. The Labute approximate surface area is 349 Å². The first-order valence-electron chi connectivity index (χ1n) is 19.8. The number of pyridine rings is 5. The van der Waals surface area contributed by atoms with Crippen LogP contribution in [0.2, 0.25) is 5.02 Å². The van der Waals surface area contributed by atoms with E-state index in [0.717, 1.165) is 48.0 Å². The molecule has 308 valence electrons. The van der Waals surface area contributed by atoms with Gasteiger partial charge in [-0.3, -0.25) is 9.97 Å². The lowest BCUT2D eigenvalue weighted by atomic mass is 10.0. The van der Waals surface area contributed by atoms with Crippen molar-refractivity contribution in [2.24, 2.45) is 0 Å². The zero-order chi connectivity index (χ0) is 41.8. The van der Waals surface area contributed by atoms with Crippen LogP contribution in [0.1, 0.15) is 25.0 Å². The van der Waals surface area contributed by atoms with Crippen molar-refractivity contribution in [2.75, 3.05) is 67.7 Å². The molecule has 0 amide bonds. The third-order valence-corrected chi connectivity index (χ3v) is 10.9. The van der Waals surface area contributed by atoms with E-state index in [2.05, 4.69) is 36.1 Å². The molecule has 0 atom stereocenters. The van der Waals surface area contributed by atoms with Crippen molar-refractivity contribution in [3.63, 3.8) is 0 Å². The third kappa shape index (κ3) is 8.40. The van der Waals surface area contributed by atoms with Gasteiger partial charge in [0.2, 0.25) is 0 Å². The molecule has 1 N–H and O–H groups in total. The summed E-state index contributed by atoms with van der Waals surface area (Å²) in [5.74, 6) is -1.99. The molecule has 2 saturated heterocycles. The SMILES string of the molecule is CCc1c(-c2ccccn2)nc2cc(F)cc(F)c2c1Cl.CCc1c(-c2ccccn2)nc2cc(F)cc(F)c2c1Nc1cc(N2CCOCC2)cnc1N1CCOCC1. The summed E-state index contributed by atoms with van der Waals surface area (Å²) >= 11 is 6.32. The van der Waals surface area contributed by atoms with E-state index in [1.807, 2.05) is 44.3 Å². The molecule has 9 rings (SSSR count). The van der Waals surface area contributed by atoms with Gasteiger partial charge >= 0.3 is 0 Å². The van der Waals surface area contributed by atoms with Crippen LogP contribution >= 0.6 is 11.6 Å². The molecule has 5 aromatic heterocycles. The summed E-state index contributed by atoms with van der Waals surface area (Å²) in [6, 6.07) is 17.2. The average molecular weight is 837 g/mol. The predicted octanol–water partition coefficient (Wildman–Crippen LogP) is 9.74. The van der Waals surface area contributed by atoms with Crippen LogP contribution < -0.4 is 15.1 Å². The van der Waals surface area contributed by atoms with E-state index < -0.39 is 23.3 Å². The fourth-order valence-corrected chi connectivity index (χ4v) is 8.00. The molecular formula is C45H41ClF4N8O2. The van der Waals surface area contributed by atoms with Gasteiger partial charge in [-0.15, -0.1) is 0 Å². The van der Waals surface area contributed by atoms with Crippen molar-refractivity contribution in [2.45, 2.75) is 26.7 Å². The smallest absolute Gasteiger partial charge is 0.152 e. The molecule has 0 aliphatic carbocycles. The Balaban J connectivity index is 0.000000200. The summed E-state index contributed by atoms with van der Waals surface area (Å²) in [6.07, 6.45) is 6.33. The van der Waals surface area contributed by atoms with Crippen molar-refractivity contribution < 1.29 is 27.0 Å². The number of benzene rings is 2.